The maximum absolute atomic E-state index is 12.0. The molecule has 1 aromatic heterocycles. The fourth-order valence-corrected chi connectivity index (χ4v) is 1.85. The SMILES string of the molecule is COc1cc(N)c(Cl)cc1C(=O)OCC(=O)c1ccc[nH]1. The molecule has 1 aromatic carbocycles. The van der Waals surface area contributed by atoms with Crippen LogP contribution in [0.4, 0.5) is 5.69 Å². The van der Waals surface area contributed by atoms with E-state index in [-0.39, 0.29) is 34.4 Å². The molecule has 110 valence electrons. The number of H-pyrrole nitrogens is 1. The van der Waals surface area contributed by atoms with Gasteiger partial charge in [0.1, 0.15) is 11.3 Å². The highest BCUT2D eigenvalue weighted by Crippen LogP contribution is 2.29. The van der Waals surface area contributed by atoms with Crippen LogP contribution in [0.25, 0.3) is 0 Å². The molecule has 7 heteroatoms. The number of carbonyl (C=O) groups is 2. The number of benzene rings is 1. The van der Waals surface area contributed by atoms with Crippen LogP contribution in [0.2, 0.25) is 5.02 Å². The van der Waals surface area contributed by atoms with E-state index in [1.54, 1.807) is 18.3 Å². The Morgan fingerprint density at radius 3 is 2.76 bits per heavy atom. The van der Waals surface area contributed by atoms with E-state index >= 15 is 0 Å². The van der Waals surface area contributed by atoms with Gasteiger partial charge in [-0.15, -0.1) is 0 Å². The minimum atomic E-state index is -0.714. The molecule has 0 saturated carbocycles. The van der Waals surface area contributed by atoms with E-state index < -0.39 is 5.97 Å². The molecule has 6 nitrogen and oxygen atoms in total. The molecule has 0 aliphatic rings. The van der Waals surface area contributed by atoms with Gasteiger partial charge in [-0.3, -0.25) is 4.79 Å². The first-order chi connectivity index (χ1) is 10.0. The fraction of sp³-hybridized carbons (Fsp3) is 0.143. The Morgan fingerprint density at radius 1 is 1.38 bits per heavy atom. The van der Waals surface area contributed by atoms with Crippen LogP contribution in [-0.4, -0.2) is 30.5 Å². The van der Waals surface area contributed by atoms with Gasteiger partial charge in [0.25, 0.3) is 0 Å². The third kappa shape index (κ3) is 3.35. The number of nitrogen functional groups attached to an aromatic ring is 1. The molecule has 0 unspecified atom stereocenters. The summed E-state index contributed by atoms with van der Waals surface area (Å²) < 4.78 is 10.0. The zero-order valence-electron chi connectivity index (χ0n) is 11.2. The second-order valence-electron chi connectivity index (χ2n) is 4.16. The number of hydrogen-bond donors (Lipinski definition) is 2. The highest BCUT2D eigenvalue weighted by atomic mass is 35.5. The van der Waals surface area contributed by atoms with Crippen LogP contribution in [0.15, 0.2) is 30.5 Å². The Morgan fingerprint density at radius 2 is 2.14 bits per heavy atom. The molecular formula is C14H13ClN2O4. The molecule has 0 bridgehead atoms. The highest BCUT2D eigenvalue weighted by molar-refractivity contribution is 6.33. The second-order valence-corrected chi connectivity index (χ2v) is 4.56. The van der Waals surface area contributed by atoms with Gasteiger partial charge >= 0.3 is 5.97 Å². The van der Waals surface area contributed by atoms with E-state index in [2.05, 4.69) is 4.98 Å². The fourth-order valence-electron chi connectivity index (χ4n) is 1.69. The first-order valence-corrected chi connectivity index (χ1v) is 6.37. The minimum Gasteiger partial charge on any atom is -0.496 e. The van der Waals surface area contributed by atoms with Crippen LogP contribution in [0.1, 0.15) is 20.8 Å². The number of rotatable bonds is 5. The summed E-state index contributed by atoms with van der Waals surface area (Å²) in [6, 6.07) is 6.04. The summed E-state index contributed by atoms with van der Waals surface area (Å²) in [6.45, 7) is -0.384. The quantitative estimate of drug-likeness (QED) is 0.502. The van der Waals surface area contributed by atoms with Gasteiger partial charge in [0.2, 0.25) is 5.78 Å². The van der Waals surface area contributed by atoms with Gasteiger partial charge in [0, 0.05) is 12.3 Å². The predicted molar refractivity (Wildman–Crippen MR) is 77.8 cm³/mol. The lowest BCUT2D eigenvalue weighted by Gasteiger charge is -2.10. The molecule has 0 aliphatic carbocycles. The smallest absolute Gasteiger partial charge is 0.342 e. The average Bonchev–Trinajstić information content (AvgIpc) is 3.01. The Kier molecular flexibility index (Phi) is 4.49. The van der Waals surface area contributed by atoms with Crippen molar-refractivity contribution in [2.24, 2.45) is 0 Å². The molecule has 0 aliphatic heterocycles. The lowest BCUT2D eigenvalue weighted by Crippen LogP contribution is -2.15. The Hall–Kier alpha value is -2.47. The van der Waals surface area contributed by atoms with Crippen LogP contribution in [0.3, 0.4) is 0 Å². The van der Waals surface area contributed by atoms with Crippen LogP contribution in [0.5, 0.6) is 5.75 Å². The van der Waals surface area contributed by atoms with Crippen LogP contribution in [0, 0.1) is 0 Å². The van der Waals surface area contributed by atoms with Crippen molar-refractivity contribution in [3.63, 3.8) is 0 Å². The summed E-state index contributed by atoms with van der Waals surface area (Å²) >= 11 is 5.87. The number of anilines is 1. The zero-order valence-corrected chi connectivity index (χ0v) is 11.9. The summed E-state index contributed by atoms with van der Waals surface area (Å²) in [5, 5.41) is 0.207. The monoisotopic (exact) mass is 308 g/mol. The molecule has 0 atom stereocenters. The van der Waals surface area contributed by atoms with Crippen molar-refractivity contribution in [1.29, 1.82) is 0 Å². The number of methoxy groups -OCH3 is 1. The summed E-state index contributed by atoms with van der Waals surface area (Å²) in [5.41, 5.74) is 6.39. The molecule has 0 fully saturated rings. The van der Waals surface area contributed by atoms with E-state index in [1.807, 2.05) is 0 Å². The predicted octanol–water partition coefficient (Wildman–Crippen LogP) is 2.30. The third-order valence-electron chi connectivity index (χ3n) is 2.77. The largest absolute Gasteiger partial charge is 0.496 e. The molecule has 0 spiro atoms. The maximum Gasteiger partial charge on any atom is 0.342 e. The number of carbonyl (C=O) groups excluding carboxylic acids is 2. The number of aromatic nitrogens is 1. The van der Waals surface area contributed by atoms with E-state index in [1.165, 1.54) is 19.2 Å². The molecule has 0 amide bonds. The third-order valence-corrected chi connectivity index (χ3v) is 3.10. The van der Waals surface area contributed by atoms with E-state index in [9.17, 15) is 9.59 Å². The summed E-state index contributed by atoms with van der Waals surface area (Å²) in [5.74, 6) is -0.822. The second kappa shape index (κ2) is 6.32. The zero-order chi connectivity index (χ0) is 15.4. The Balaban J connectivity index is 2.10. The lowest BCUT2D eigenvalue weighted by molar-refractivity contribution is 0.0470. The van der Waals surface area contributed by atoms with Crippen molar-refractivity contribution in [1.82, 2.24) is 4.98 Å². The summed E-state index contributed by atoms with van der Waals surface area (Å²) in [7, 11) is 1.39. The number of ether oxygens (including phenoxy) is 2. The van der Waals surface area contributed by atoms with Gasteiger partial charge in [0.15, 0.2) is 6.61 Å². The number of hydrogen-bond acceptors (Lipinski definition) is 5. The number of nitrogens with one attached hydrogen (secondary N) is 1. The number of ketones is 1. The van der Waals surface area contributed by atoms with Crippen molar-refractivity contribution in [3.8, 4) is 5.75 Å². The standard InChI is InChI=1S/C14H13ClN2O4/c1-20-13-6-10(16)9(15)5-8(13)14(19)21-7-12(18)11-3-2-4-17-11/h2-6,17H,7,16H2,1H3. The van der Waals surface area contributed by atoms with E-state index in [0.29, 0.717) is 5.69 Å². The molecule has 3 N–H and O–H groups in total. The number of halogens is 1. The van der Waals surface area contributed by atoms with Crippen molar-refractivity contribution in [2.45, 2.75) is 0 Å². The number of Topliss-reactive ketones (excluding diaryl/α,β-unsaturated/α-hetero) is 1. The van der Waals surface area contributed by atoms with Gasteiger partial charge in [-0.2, -0.15) is 0 Å². The van der Waals surface area contributed by atoms with Crippen LogP contribution in [-0.2, 0) is 4.74 Å². The average molecular weight is 309 g/mol. The first kappa shape index (κ1) is 14.9. The maximum atomic E-state index is 12.0. The summed E-state index contributed by atoms with van der Waals surface area (Å²) in [4.78, 5) is 26.5. The van der Waals surface area contributed by atoms with Gasteiger partial charge in [-0.25, -0.2) is 4.79 Å². The van der Waals surface area contributed by atoms with Crippen LogP contribution >= 0.6 is 11.6 Å². The first-order valence-electron chi connectivity index (χ1n) is 5.99. The highest BCUT2D eigenvalue weighted by Gasteiger charge is 2.18. The number of esters is 1. The molecule has 0 radical (unpaired) electrons. The minimum absolute atomic E-state index is 0.107. The van der Waals surface area contributed by atoms with Crippen LogP contribution < -0.4 is 10.5 Å². The Labute approximate surface area is 125 Å². The lowest BCUT2D eigenvalue weighted by atomic mass is 10.2. The summed E-state index contributed by atoms with van der Waals surface area (Å²) in [6.07, 6.45) is 1.61. The Bertz CT molecular complexity index is 668. The van der Waals surface area contributed by atoms with E-state index in [4.69, 9.17) is 26.8 Å². The topological polar surface area (TPSA) is 94.4 Å². The molecule has 2 rings (SSSR count). The van der Waals surface area contributed by atoms with Gasteiger partial charge in [-0.05, 0) is 18.2 Å². The normalized spacial score (nSPS) is 10.2. The van der Waals surface area contributed by atoms with Crippen molar-refractivity contribution < 1.29 is 19.1 Å². The molecular weight excluding hydrogens is 296 g/mol. The molecule has 21 heavy (non-hydrogen) atoms. The van der Waals surface area contributed by atoms with Crippen molar-refractivity contribution in [2.75, 3.05) is 19.5 Å². The number of nitrogens with two attached hydrogens (primary N) is 1. The molecule has 1 heterocycles. The van der Waals surface area contributed by atoms with Gasteiger partial charge in [-0.1, -0.05) is 11.6 Å². The van der Waals surface area contributed by atoms with Gasteiger partial charge in [0.05, 0.1) is 23.5 Å². The van der Waals surface area contributed by atoms with Crippen molar-refractivity contribution >= 4 is 29.0 Å². The molecule has 0 saturated heterocycles. The van der Waals surface area contributed by atoms with E-state index in [0.717, 1.165) is 0 Å². The number of aromatic amines is 1. The molecule has 2 aromatic rings. The van der Waals surface area contributed by atoms with Gasteiger partial charge < -0.3 is 20.2 Å². The van der Waals surface area contributed by atoms with Crippen molar-refractivity contribution in [3.05, 3.63) is 46.7 Å².